The maximum Gasteiger partial charge on any atom is 0.345 e. The number of aromatic nitrogens is 1. The van der Waals surface area contributed by atoms with Gasteiger partial charge in [0.05, 0.1) is 10.5 Å². The number of carbonyl (C=O) groups is 2. The molecule has 2 aromatic rings. The number of rotatable bonds is 10. The Labute approximate surface area is 160 Å². The highest BCUT2D eigenvalue weighted by Crippen LogP contribution is 2.26. The van der Waals surface area contributed by atoms with E-state index in [1.807, 2.05) is 0 Å². The number of nitro groups is 1. The Morgan fingerprint density at radius 3 is 2.67 bits per heavy atom. The monoisotopic (exact) mass is 391 g/mol. The van der Waals surface area contributed by atoms with E-state index in [1.165, 1.54) is 12.1 Å². The molecule has 8 nitrogen and oxygen atoms in total. The topological polar surface area (TPSA) is 111 Å². The van der Waals surface area contributed by atoms with Gasteiger partial charge in [0.25, 0.3) is 5.91 Å². The van der Waals surface area contributed by atoms with E-state index in [-0.39, 0.29) is 21.4 Å². The number of ether oxygens (including phenoxy) is 1. The molecule has 1 aromatic carbocycles. The van der Waals surface area contributed by atoms with Gasteiger partial charge in [-0.2, -0.15) is 0 Å². The molecule has 0 atom stereocenters. The number of nitrogens with one attached hydrogen (secondary N) is 1. The maximum absolute atomic E-state index is 12.4. The van der Waals surface area contributed by atoms with Crippen molar-refractivity contribution in [3.63, 3.8) is 0 Å². The molecule has 0 aliphatic carbocycles. The minimum atomic E-state index is -0.580. The second kappa shape index (κ2) is 10.4. The summed E-state index contributed by atoms with van der Waals surface area (Å²) < 4.78 is 5.33. The van der Waals surface area contributed by atoms with Crippen molar-refractivity contribution in [2.75, 3.05) is 5.32 Å². The van der Waals surface area contributed by atoms with Crippen LogP contribution < -0.4 is 10.1 Å². The minimum Gasteiger partial charge on any atom is -0.426 e. The average molecular weight is 391 g/mol. The van der Waals surface area contributed by atoms with Crippen LogP contribution in [0.5, 0.6) is 5.75 Å². The van der Waals surface area contributed by atoms with Crippen LogP contribution >= 0.6 is 11.3 Å². The highest BCUT2D eigenvalue weighted by molar-refractivity contribution is 7.18. The Morgan fingerprint density at radius 1 is 1.22 bits per heavy atom. The number of thiazole rings is 1. The summed E-state index contributed by atoms with van der Waals surface area (Å²) in [6.07, 6.45) is 6.44. The first-order valence-electron chi connectivity index (χ1n) is 8.72. The Bertz CT molecular complexity index is 806. The van der Waals surface area contributed by atoms with Crippen molar-refractivity contribution in [2.24, 2.45) is 0 Å². The lowest BCUT2D eigenvalue weighted by atomic mass is 10.1. The Kier molecular flexibility index (Phi) is 7.87. The van der Waals surface area contributed by atoms with Gasteiger partial charge in [-0.05, 0) is 29.9 Å². The molecule has 1 amide bonds. The van der Waals surface area contributed by atoms with Crippen LogP contribution in [0.15, 0.2) is 30.5 Å². The zero-order valence-electron chi connectivity index (χ0n) is 15.0. The Morgan fingerprint density at radius 2 is 1.96 bits per heavy atom. The first-order valence-corrected chi connectivity index (χ1v) is 9.54. The normalized spacial score (nSPS) is 10.4. The predicted molar refractivity (Wildman–Crippen MR) is 102 cm³/mol. The van der Waals surface area contributed by atoms with Gasteiger partial charge in [0.15, 0.2) is 5.13 Å². The summed E-state index contributed by atoms with van der Waals surface area (Å²) in [5.74, 6) is -0.790. The number of nitrogens with zero attached hydrogens (tertiary/aromatic N) is 2. The third-order valence-corrected chi connectivity index (χ3v) is 4.60. The number of anilines is 1. The highest BCUT2D eigenvalue weighted by atomic mass is 32.1. The van der Waals surface area contributed by atoms with E-state index in [9.17, 15) is 19.7 Å². The van der Waals surface area contributed by atoms with Crippen LogP contribution in [0.4, 0.5) is 10.1 Å². The molecule has 9 heteroatoms. The number of unbranched alkanes of at least 4 members (excludes halogenated alkanes) is 4. The van der Waals surface area contributed by atoms with E-state index >= 15 is 0 Å². The number of hydrogen-bond donors (Lipinski definition) is 1. The summed E-state index contributed by atoms with van der Waals surface area (Å²) in [4.78, 5) is 38.4. The zero-order valence-corrected chi connectivity index (χ0v) is 15.8. The number of amides is 1. The molecule has 1 N–H and O–H groups in total. The van der Waals surface area contributed by atoms with Gasteiger partial charge < -0.3 is 4.74 Å². The summed E-state index contributed by atoms with van der Waals surface area (Å²) >= 11 is 0.751. The maximum atomic E-state index is 12.4. The molecular weight excluding hydrogens is 370 g/mol. The molecule has 1 aromatic heterocycles. The van der Waals surface area contributed by atoms with Crippen molar-refractivity contribution in [1.29, 1.82) is 0 Å². The van der Waals surface area contributed by atoms with E-state index in [0.717, 1.165) is 49.6 Å². The van der Waals surface area contributed by atoms with Gasteiger partial charge in [-0.3, -0.25) is 25.0 Å². The quantitative estimate of drug-likeness (QED) is 0.209. The Balaban J connectivity index is 1.96. The van der Waals surface area contributed by atoms with E-state index in [4.69, 9.17) is 4.74 Å². The Hall–Kier alpha value is -2.81. The average Bonchev–Trinajstić information content (AvgIpc) is 3.11. The fraction of sp³-hybridized carbons (Fsp3) is 0.389. The second-order valence-corrected chi connectivity index (χ2v) is 6.86. The highest BCUT2D eigenvalue weighted by Gasteiger charge is 2.18. The summed E-state index contributed by atoms with van der Waals surface area (Å²) in [6.45, 7) is 2.13. The van der Waals surface area contributed by atoms with Crippen molar-refractivity contribution in [2.45, 2.75) is 45.4 Å². The first kappa shape index (κ1) is 20.5. The van der Waals surface area contributed by atoms with Gasteiger partial charge in [-0.25, -0.2) is 4.98 Å². The molecule has 0 fully saturated rings. The van der Waals surface area contributed by atoms with E-state index in [0.29, 0.717) is 6.42 Å². The van der Waals surface area contributed by atoms with Crippen molar-refractivity contribution in [1.82, 2.24) is 4.98 Å². The van der Waals surface area contributed by atoms with Gasteiger partial charge in [0, 0.05) is 6.42 Å². The van der Waals surface area contributed by atoms with Gasteiger partial charge in [-0.1, -0.05) is 44.7 Å². The predicted octanol–water partition coefficient (Wildman–Crippen LogP) is 4.57. The fourth-order valence-electron chi connectivity index (χ4n) is 2.36. The SMILES string of the molecule is CCCCCCCC(=O)Oc1ccccc1C(=O)Nc1ncc([N+](=O)[O-])s1. The molecule has 144 valence electrons. The number of para-hydroxylation sites is 1. The summed E-state index contributed by atoms with van der Waals surface area (Å²) in [6, 6.07) is 6.35. The summed E-state index contributed by atoms with van der Waals surface area (Å²) in [5, 5.41) is 13.1. The van der Waals surface area contributed by atoms with Crippen molar-refractivity contribution < 1.29 is 19.2 Å². The van der Waals surface area contributed by atoms with Crippen LogP contribution in [-0.2, 0) is 4.79 Å². The third-order valence-electron chi connectivity index (χ3n) is 3.73. The van der Waals surface area contributed by atoms with Crippen LogP contribution in [0.25, 0.3) is 0 Å². The third kappa shape index (κ3) is 6.45. The van der Waals surface area contributed by atoms with Crippen LogP contribution in [0.1, 0.15) is 55.8 Å². The number of hydrogen-bond acceptors (Lipinski definition) is 7. The number of esters is 1. The molecule has 27 heavy (non-hydrogen) atoms. The molecule has 0 radical (unpaired) electrons. The lowest BCUT2D eigenvalue weighted by molar-refractivity contribution is -0.380. The molecule has 0 aliphatic rings. The fourth-order valence-corrected chi connectivity index (χ4v) is 2.99. The van der Waals surface area contributed by atoms with Gasteiger partial charge in [0.2, 0.25) is 0 Å². The molecule has 2 rings (SSSR count). The van der Waals surface area contributed by atoms with Crippen molar-refractivity contribution >= 4 is 33.3 Å². The molecule has 0 saturated heterocycles. The molecule has 1 heterocycles. The van der Waals surface area contributed by atoms with E-state index < -0.39 is 16.8 Å². The smallest absolute Gasteiger partial charge is 0.345 e. The molecular formula is C18H21N3O5S. The molecule has 0 bridgehead atoms. The van der Waals surface area contributed by atoms with E-state index in [1.54, 1.807) is 12.1 Å². The molecule has 0 spiro atoms. The van der Waals surface area contributed by atoms with Gasteiger partial charge in [0.1, 0.15) is 11.9 Å². The summed E-state index contributed by atoms with van der Waals surface area (Å²) in [7, 11) is 0. The van der Waals surface area contributed by atoms with Gasteiger partial charge >= 0.3 is 11.0 Å². The van der Waals surface area contributed by atoms with Crippen LogP contribution in [0.3, 0.4) is 0 Å². The van der Waals surface area contributed by atoms with Crippen LogP contribution in [-0.4, -0.2) is 21.8 Å². The van der Waals surface area contributed by atoms with Gasteiger partial charge in [-0.15, -0.1) is 0 Å². The first-order chi connectivity index (χ1) is 13.0. The largest absolute Gasteiger partial charge is 0.426 e. The van der Waals surface area contributed by atoms with Crippen molar-refractivity contribution in [3.05, 3.63) is 46.1 Å². The molecule has 0 aliphatic heterocycles. The van der Waals surface area contributed by atoms with Crippen LogP contribution in [0, 0.1) is 10.1 Å². The number of benzene rings is 1. The zero-order chi connectivity index (χ0) is 19.6. The standard InChI is InChI=1S/C18H21N3O5S/c1-2-3-4-5-6-11-16(22)26-14-10-8-7-9-13(14)17(23)20-18-19-12-15(27-18)21(24)25/h7-10,12H,2-6,11H2,1H3,(H,19,20,23). The van der Waals surface area contributed by atoms with Crippen molar-refractivity contribution in [3.8, 4) is 5.75 Å². The lowest BCUT2D eigenvalue weighted by Crippen LogP contribution is -2.15. The molecule has 0 saturated carbocycles. The van der Waals surface area contributed by atoms with Crippen LogP contribution in [0.2, 0.25) is 0 Å². The second-order valence-electron chi connectivity index (χ2n) is 5.85. The minimum absolute atomic E-state index is 0.101. The molecule has 0 unspecified atom stereocenters. The lowest BCUT2D eigenvalue weighted by Gasteiger charge is -2.09. The summed E-state index contributed by atoms with van der Waals surface area (Å²) in [5.41, 5.74) is 0.162. The van der Waals surface area contributed by atoms with E-state index in [2.05, 4.69) is 17.2 Å². The number of carbonyl (C=O) groups excluding carboxylic acids is 2.